The Morgan fingerprint density at radius 1 is 0.857 bits per heavy atom. The van der Waals surface area contributed by atoms with E-state index < -0.39 is 0 Å². The smallest absolute Gasteiger partial charge is 0.269 e. The number of aryl methyl sites for hydroxylation is 1. The lowest BCUT2D eigenvalue weighted by atomic mass is 9.84. The third kappa shape index (κ3) is 11.2. The van der Waals surface area contributed by atoms with Crippen LogP contribution >= 0.6 is 11.3 Å². The molecule has 5 heteroatoms. The molecule has 3 rings (SSSR count). The number of nitrogens with one attached hydrogen (secondary N) is 1. The Morgan fingerprint density at radius 3 is 2.14 bits per heavy atom. The summed E-state index contributed by atoms with van der Waals surface area (Å²) in [5, 5.41) is 6.43. The van der Waals surface area contributed by atoms with Crippen LogP contribution in [0.2, 0.25) is 0 Å². The van der Waals surface area contributed by atoms with Gasteiger partial charge in [0.15, 0.2) is 6.20 Å². The Morgan fingerprint density at radius 2 is 1.50 bits per heavy atom. The summed E-state index contributed by atoms with van der Waals surface area (Å²) in [5.41, 5.74) is 3.99. The molecular weight excluding hydrogens is 536 g/mol. The molecule has 1 heterocycles. The lowest BCUT2D eigenvalue weighted by Crippen LogP contribution is -2.31. The molecule has 0 aliphatic rings. The van der Waals surface area contributed by atoms with Gasteiger partial charge in [0.1, 0.15) is 12.3 Å². The van der Waals surface area contributed by atoms with Crippen LogP contribution in [0.3, 0.4) is 0 Å². The van der Waals surface area contributed by atoms with Crippen molar-refractivity contribution in [3.8, 4) is 16.3 Å². The number of hydrogen-bond acceptors (Lipinski definition) is 3. The molecule has 0 spiro atoms. The maximum Gasteiger partial charge on any atom is 0.269 e. The largest absolute Gasteiger partial charge is 0.493 e. The SMILES string of the molecule is CCCCCCCCCCCCCCOc1c(CC(=O)Nc2cccc(-c3scc[n+]3CC)c2)cccc1C(C)(C)C. The summed E-state index contributed by atoms with van der Waals surface area (Å²) < 4.78 is 8.68. The van der Waals surface area contributed by atoms with Gasteiger partial charge in [0.25, 0.3) is 5.01 Å². The van der Waals surface area contributed by atoms with Gasteiger partial charge < -0.3 is 10.1 Å². The molecular formula is C37H55N2O2S+. The van der Waals surface area contributed by atoms with Gasteiger partial charge in [-0.1, -0.05) is 134 Å². The van der Waals surface area contributed by atoms with Crippen molar-refractivity contribution < 1.29 is 14.1 Å². The number of carbonyl (C=O) groups excluding carboxylic acids is 1. The van der Waals surface area contributed by atoms with Gasteiger partial charge in [0.05, 0.1) is 24.0 Å². The number of rotatable bonds is 19. The summed E-state index contributed by atoms with van der Waals surface area (Å²) in [7, 11) is 0. The fourth-order valence-corrected chi connectivity index (χ4v) is 6.42. The van der Waals surface area contributed by atoms with Crippen LogP contribution in [0, 0.1) is 0 Å². The Balaban J connectivity index is 1.51. The van der Waals surface area contributed by atoms with Crippen molar-refractivity contribution in [1.29, 1.82) is 0 Å². The van der Waals surface area contributed by atoms with E-state index in [1.54, 1.807) is 11.3 Å². The molecule has 42 heavy (non-hydrogen) atoms. The fraction of sp³-hybridized carbons (Fsp3) is 0.568. The van der Waals surface area contributed by atoms with Crippen LogP contribution < -0.4 is 14.6 Å². The maximum atomic E-state index is 13.2. The van der Waals surface area contributed by atoms with Gasteiger partial charge in [-0.05, 0) is 42.5 Å². The normalized spacial score (nSPS) is 11.5. The topological polar surface area (TPSA) is 42.2 Å². The molecule has 2 aromatic carbocycles. The number of benzene rings is 2. The van der Waals surface area contributed by atoms with Gasteiger partial charge >= 0.3 is 0 Å². The van der Waals surface area contributed by atoms with Crippen LogP contribution in [0.15, 0.2) is 54.0 Å². The van der Waals surface area contributed by atoms with Crippen molar-refractivity contribution in [2.45, 2.75) is 130 Å². The molecule has 3 aromatic rings. The quantitative estimate of drug-likeness (QED) is 0.111. The van der Waals surface area contributed by atoms with E-state index in [1.807, 2.05) is 18.2 Å². The number of thiazole rings is 1. The molecule has 1 aromatic heterocycles. The highest BCUT2D eigenvalue weighted by atomic mass is 32.1. The lowest BCUT2D eigenvalue weighted by molar-refractivity contribution is -0.678. The van der Waals surface area contributed by atoms with Gasteiger partial charge in [-0.2, -0.15) is 4.57 Å². The summed E-state index contributed by atoms with van der Waals surface area (Å²) in [6.07, 6.45) is 18.3. The molecule has 0 fully saturated rings. The Kier molecular flexibility index (Phi) is 14.6. The average molecular weight is 592 g/mol. The molecule has 0 unspecified atom stereocenters. The summed E-state index contributed by atoms with van der Waals surface area (Å²) in [4.78, 5) is 13.2. The zero-order valence-electron chi connectivity index (χ0n) is 27.0. The second-order valence-electron chi connectivity index (χ2n) is 12.6. The molecule has 0 atom stereocenters. The van der Waals surface area contributed by atoms with Crippen molar-refractivity contribution >= 4 is 22.9 Å². The fourth-order valence-electron chi connectivity index (χ4n) is 5.50. The highest BCUT2D eigenvalue weighted by molar-refractivity contribution is 7.12. The molecule has 0 bridgehead atoms. The van der Waals surface area contributed by atoms with Crippen molar-refractivity contribution in [2.75, 3.05) is 11.9 Å². The van der Waals surface area contributed by atoms with Crippen molar-refractivity contribution in [3.63, 3.8) is 0 Å². The Hall–Kier alpha value is -2.66. The highest BCUT2D eigenvalue weighted by Crippen LogP contribution is 2.35. The summed E-state index contributed by atoms with van der Waals surface area (Å²) in [6, 6.07) is 14.4. The molecule has 0 saturated carbocycles. The van der Waals surface area contributed by atoms with Crippen LogP contribution in [0.1, 0.15) is 123 Å². The first-order valence-electron chi connectivity index (χ1n) is 16.5. The van der Waals surface area contributed by atoms with Gasteiger partial charge in [0.2, 0.25) is 5.91 Å². The van der Waals surface area contributed by atoms with E-state index in [4.69, 9.17) is 4.74 Å². The van der Waals surface area contributed by atoms with Crippen LogP contribution in [-0.4, -0.2) is 12.5 Å². The number of unbranched alkanes of at least 4 members (excludes halogenated alkanes) is 11. The van der Waals surface area contributed by atoms with Crippen molar-refractivity contribution in [2.24, 2.45) is 0 Å². The number of nitrogens with zero attached hydrogens (tertiary/aromatic N) is 1. The minimum atomic E-state index is -0.0674. The number of para-hydroxylation sites is 1. The Bertz CT molecular complexity index is 1210. The van der Waals surface area contributed by atoms with Gasteiger partial charge in [-0.25, -0.2) is 0 Å². The summed E-state index contributed by atoms with van der Waals surface area (Å²) in [6.45, 7) is 12.7. The average Bonchev–Trinajstić information content (AvgIpc) is 3.45. The van der Waals surface area contributed by atoms with E-state index in [9.17, 15) is 4.79 Å². The van der Waals surface area contributed by atoms with Crippen LogP contribution in [0.5, 0.6) is 5.75 Å². The summed E-state index contributed by atoms with van der Waals surface area (Å²) in [5.74, 6) is 0.863. The third-order valence-electron chi connectivity index (χ3n) is 7.92. The molecule has 0 radical (unpaired) electrons. The molecule has 0 aliphatic carbocycles. The maximum absolute atomic E-state index is 13.2. The molecule has 1 amide bonds. The minimum absolute atomic E-state index is 0.0250. The van der Waals surface area contributed by atoms with Crippen molar-refractivity contribution in [3.05, 3.63) is 65.2 Å². The van der Waals surface area contributed by atoms with Gasteiger partial charge in [-0.3, -0.25) is 4.79 Å². The predicted octanol–water partition coefficient (Wildman–Crippen LogP) is 10.3. The predicted molar refractivity (Wildman–Crippen MR) is 180 cm³/mol. The minimum Gasteiger partial charge on any atom is -0.493 e. The number of carbonyl (C=O) groups is 1. The molecule has 0 saturated heterocycles. The lowest BCUT2D eigenvalue weighted by Gasteiger charge is -2.25. The molecule has 230 valence electrons. The number of anilines is 1. The number of amides is 1. The van der Waals surface area contributed by atoms with Crippen molar-refractivity contribution in [1.82, 2.24) is 0 Å². The van der Waals surface area contributed by atoms with E-state index >= 15 is 0 Å². The monoisotopic (exact) mass is 591 g/mol. The first-order chi connectivity index (χ1) is 20.3. The first-order valence-corrected chi connectivity index (χ1v) is 17.3. The Labute approximate surface area is 259 Å². The van der Waals surface area contributed by atoms with E-state index in [0.717, 1.165) is 41.1 Å². The first kappa shape index (κ1) is 33.8. The van der Waals surface area contributed by atoms with Crippen LogP contribution in [0.4, 0.5) is 5.69 Å². The van der Waals surface area contributed by atoms with E-state index in [-0.39, 0.29) is 17.7 Å². The number of aromatic nitrogens is 1. The van der Waals surface area contributed by atoms with Crippen LogP contribution in [-0.2, 0) is 23.2 Å². The molecule has 0 aliphatic heterocycles. The number of hydrogen-bond donors (Lipinski definition) is 1. The highest BCUT2D eigenvalue weighted by Gasteiger charge is 2.22. The van der Waals surface area contributed by atoms with E-state index in [0.29, 0.717) is 6.61 Å². The summed E-state index contributed by atoms with van der Waals surface area (Å²) >= 11 is 1.72. The van der Waals surface area contributed by atoms with Gasteiger partial charge in [0, 0.05) is 11.3 Å². The van der Waals surface area contributed by atoms with E-state index in [1.165, 1.54) is 75.6 Å². The zero-order chi connectivity index (χ0) is 30.2. The second-order valence-corrected chi connectivity index (χ2v) is 13.5. The van der Waals surface area contributed by atoms with Crippen LogP contribution in [0.25, 0.3) is 10.6 Å². The second kappa shape index (κ2) is 18.1. The van der Waals surface area contributed by atoms with E-state index in [2.05, 4.69) is 80.3 Å². The van der Waals surface area contributed by atoms with Gasteiger partial charge in [-0.15, -0.1) is 0 Å². The molecule has 4 nitrogen and oxygen atoms in total. The standard InChI is InChI=1S/C37H54N2O2S/c1-6-8-9-10-11-12-13-14-15-16-17-18-26-41-35-30(21-20-24-33(35)37(3,4)5)29-34(40)38-32-23-19-22-31(28-32)36-39(7-2)25-27-42-36/h19-25,27-28H,6-18,26,29H2,1-5H3/p+1. The molecule has 1 N–H and O–H groups in total. The third-order valence-corrected chi connectivity index (χ3v) is 8.87. The zero-order valence-corrected chi connectivity index (χ0v) is 27.8. The number of ether oxygens (including phenoxy) is 1.